The molecule has 0 radical (unpaired) electrons. The van der Waals surface area contributed by atoms with Crippen LogP contribution in [-0.2, 0) is 9.53 Å². The van der Waals surface area contributed by atoms with Crippen LogP contribution in [0.3, 0.4) is 0 Å². The number of alkyl halides is 5. The smallest absolute Gasteiger partial charge is 0.423 e. The molecule has 1 unspecified atom stereocenters. The highest BCUT2D eigenvalue weighted by Gasteiger charge is 2.80. The van der Waals surface area contributed by atoms with Crippen molar-refractivity contribution in [1.29, 1.82) is 0 Å². The third-order valence-electron chi connectivity index (χ3n) is 6.62. The molecule has 4 saturated carbocycles. The number of esters is 1. The van der Waals surface area contributed by atoms with Crippen LogP contribution in [0.1, 0.15) is 46.0 Å². The van der Waals surface area contributed by atoms with Crippen LogP contribution in [0.15, 0.2) is 12.2 Å². The number of carbonyl (C=O) groups excluding carboxylic acids is 1. The van der Waals surface area contributed by atoms with Gasteiger partial charge in [-0.3, -0.25) is 0 Å². The van der Waals surface area contributed by atoms with E-state index in [0.717, 1.165) is 6.42 Å². The highest BCUT2D eigenvalue weighted by atomic mass is 19.4. The minimum absolute atomic E-state index is 0.0639. The fourth-order valence-corrected chi connectivity index (χ4v) is 5.43. The predicted octanol–water partition coefficient (Wildman–Crippen LogP) is 4.25. The number of hydrogen-bond acceptors (Lipinski definition) is 3. The first-order valence-corrected chi connectivity index (χ1v) is 8.79. The standard InChI is InChI=1S/C18H23F5O3/c1-9(2)14(24)26-16(17(19,20)15(3,25)18(21,22)23)12-5-10-4-11(7-12)8-13(16)6-10/h10-13,25H,1,4-8H2,2-3H3. The van der Waals surface area contributed by atoms with Gasteiger partial charge in [0.05, 0.1) is 0 Å². The molecule has 4 aliphatic rings. The van der Waals surface area contributed by atoms with Crippen molar-refractivity contribution < 1.29 is 36.6 Å². The first kappa shape index (κ1) is 19.6. The molecule has 0 amide bonds. The zero-order chi connectivity index (χ0) is 19.7. The highest BCUT2D eigenvalue weighted by Crippen LogP contribution is 2.66. The fourth-order valence-electron chi connectivity index (χ4n) is 5.43. The zero-order valence-electron chi connectivity index (χ0n) is 14.7. The van der Waals surface area contributed by atoms with Gasteiger partial charge in [0.15, 0.2) is 5.60 Å². The van der Waals surface area contributed by atoms with Gasteiger partial charge in [-0.25, -0.2) is 4.79 Å². The van der Waals surface area contributed by atoms with Crippen molar-refractivity contribution >= 4 is 5.97 Å². The van der Waals surface area contributed by atoms with E-state index in [-0.39, 0.29) is 50.0 Å². The van der Waals surface area contributed by atoms with Crippen LogP contribution >= 0.6 is 0 Å². The summed E-state index contributed by atoms with van der Waals surface area (Å²) in [4.78, 5) is 12.1. The molecule has 4 aliphatic carbocycles. The van der Waals surface area contributed by atoms with Gasteiger partial charge in [-0.2, -0.15) is 22.0 Å². The molecule has 26 heavy (non-hydrogen) atoms. The summed E-state index contributed by atoms with van der Waals surface area (Å²) in [7, 11) is 0. The molecule has 0 heterocycles. The van der Waals surface area contributed by atoms with Crippen molar-refractivity contribution in [2.45, 2.75) is 69.3 Å². The second-order valence-corrected chi connectivity index (χ2v) is 8.41. The molecule has 0 spiro atoms. The van der Waals surface area contributed by atoms with Gasteiger partial charge in [-0.1, -0.05) is 6.58 Å². The predicted molar refractivity (Wildman–Crippen MR) is 82.3 cm³/mol. The molecule has 0 aliphatic heterocycles. The summed E-state index contributed by atoms with van der Waals surface area (Å²) < 4.78 is 76.0. The van der Waals surface area contributed by atoms with E-state index in [4.69, 9.17) is 4.74 Å². The largest absolute Gasteiger partial charge is 0.449 e. The lowest BCUT2D eigenvalue weighted by atomic mass is 9.47. The van der Waals surface area contributed by atoms with Crippen LogP contribution in [0.5, 0.6) is 0 Å². The number of rotatable bonds is 4. The molecular formula is C18H23F5O3. The molecule has 8 heteroatoms. The van der Waals surface area contributed by atoms with Gasteiger partial charge < -0.3 is 9.84 Å². The quantitative estimate of drug-likeness (QED) is 0.449. The SMILES string of the molecule is C=C(C)C(=O)OC1(C(F)(F)C(C)(O)C(F)(F)F)C2CC3CC(C2)CC1C3. The molecule has 1 atom stereocenters. The Morgan fingerprint density at radius 2 is 1.46 bits per heavy atom. The van der Waals surface area contributed by atoms with E-state index in [9.17, 15) is 23.1 Å². The zero-order valence-corrected chi connectivity index (χ0v) is 14.7. The van der Waals surface area contributed by atoms with Crippen LogP contribution in [0.2, 0.25) is 0 Å². The van der Waals surface area contributed by atoms with E-state index in [1.54, 1.807) is 0 Å². The van der Waals surface area contributed by atoms with E-state index in [2.05, 4.69) is 6.58 Å². The Hall–Kier alpha value is -1.18. The molecule has 1 N–H and O–H groups in total. The molecule has 0 aromatic rings. The summed E-state index contributed by atoms with van der Waals surface area (Å²) in [6, 6.07) is 0. The molecule has 4 fully saturated rings. The Bertz CT molecular complexity index is 595. The van der Waals surface area contributed by atoms with E-state index in [0.29, 0.717) is 0 Å². The monoisotopic (exact) mass is 382 g/mol. The van der Waals surface area contributed by atoms with Gasteiger partial charge >= 0.3 is 18.1 Å². The average Bonchev–Trinajstić information content (AvgIpc) is 2.48. The lowest BCUT2D eigenvalue weighted by Crippen LogP contribution is -2.76. The van der Waals surface area contributed by atoms with Crippen molar-refractivity contribution in [2.75, 3.05) is 0 Å². The molecule has 148 valence electrons. The molecular weight excluding hydrogens is 359 g/mol. The number of halogens is 5. The maximum Gasteiger partial charge on any atom is 0.423 e. The Labute approximate surface area is 148 Å². The summed E-state index contributed by atoms with van der Waals surface area (Å²) in [5.74, 6) is -7.35. The van der Waals surface area contributed by atoms with E-state index in [1.807, 2.05) is 0 Å². The topological polar surface area (TPSA) is 46.5 Å². The van der Waals surface area contributed by atoms with Crippen LogP contribution in [0.25, 0.3) is 0 Å². The highest BCUT2D eigenvalue weighted by molar-refractivity contribution is 5.87. The fraction of sp³-hybridized carbons (Fsp3) is 0.833. The van der Waals surface area contributed by atoms with Crippen LogP contribution < -0.4 is 0 Å². The molecule has 4 bridgehead atoms. The molecule has 3 nitrogen and oxygen atoms in total. The van der Waals surface area contributed by atoms with Gasteiger partial charge in [0, 0.05) is 17.4 Å². The number of aliphatic hydroxyl groups is 1. The molecule has 0 aromatic heterocycles. The first-order valence-electron chi connectivity index (χ1n) is 8.79. The van der Waals surface area contributed by atoms with Gasteiger partial charge in [0.25, 0.3) is 0 Å². The lowest BCUT2D eigenvalue weighted by molar-refractivity contribution is -0.389. The van der Waals surface area contributed by atoms with Crippen LogP contribution in [0.4, 0.5) is 22.0 Å². The van der Waals surface area contributed by atoms with Gasteiger partial charge in [-0.05, 0) is 57.8 Å². The van der Waals surface area contributed by atoms with Crippen molar-refractivity contribution in [2.24, 2.45) is 23.7 Å². The first-order chi connectivity index (χ1) is 11.7. The summed E-state index contributed by atoms with van der Waals surface area (Å²) in [6.45, 7) is 4.68. The van der Waals surface area contributed by atoms with Gasteiger partial charge in [0.1, 0.15) is 0 Å². The van der Waals surface area contributed by atoms with Gasteiger partial charge in [-0.15, -0.1) is 0 Å². The van der Waals surface area contributed by atoms with Gasteiger partial charge in [0.2, 0.25) is 5.60 Å². The number of ether oxygens (including phenoxy) is 1. The summed E-state index contributed by atoms with van der Waals surface area (Å²) in [5, 5.41) is 9.89. The second-order valence-electron chi connectivity index (χ2n) is 8.41. The lowest BCUT2D eigenvalue weighted by Gasteiger charge is -2.63. The van der Waals surface area contributed by atoms with Crippen molar-refractivity contribution in [3.8, 4) is 0 Å². The minimum atomic E-state index is -5.58. The molecule has 4 rings (SSSR count). The summed E-state index contributed by atoms with van der Waals surface area (Å²) in [6.07, 6.45) is -3.59. The second kappa shape index (κ2) is 5.66. The Morgan fingerprint density at radius 1 is 1.04 bits per heavy atom. The maximum absolute atomic E-state index is 15.4. The molecule has 0 saturated heterocycles. The number of carbonyl (C=O) groups is 1. The van der Waals surface area contributed by atoms with Crippen molar-refractivity contribution in [3.63, 3.8) is 0 Å². The third kappa shape index (κ3) is 2.43. The van der Waals surface area contributed by atoms with Crippen LogP contribution in [-0.4, -0.2) is 34.4 Å². The molecule has 0 aromatic carbocycles. The average molecular weight is 382 g/mol. The van der Waals surface area contributed by atoms with Crippen molar-refractivity contribution in [1.82, 2.24) is 0 Å². The minimum Gasteiger partial charge on any atom is -0.449 e. The normalized spacial score (nSPS) is 38.8. The Morgan fingerprint density at radius 3 is 1.81 bits per heavy atom. The van der Waals surface area contributed by atoms with Crippen molar-refractivity contribution in [3.05, 3.63) is 12.2 Å². The summed E-state index contributed by atoms with van der Waals surface area (Å²) >= 11 is 0. The Kier molecular flexibility index (Phi) is 4.26. The number of hydrogen-bond donors (Lipinski definition) is 1. The van der Waals surface area contributed by atoms with E-state index < -0.39 is 41.1 Å². The third-order valence-corrected chi connectivity index (χ3v) is 6.62. The Balaban J connectivity index is 2.13. The van der Waals surface area contributed by atoms with E-state index in [1.165, 1.54) is 6.92 Å². The van der Waals surface area contributed by atoms with Crippen LogP contribution in [0, 0.1) is 23.7 Å². The van der Waals surface area contributed by atoms with E-state index >= 15 is 8.78 Å². The summed E-state index contributed by atoms with van der Waals surface area (Å²) in [5.41, 5.74) is -7.15. The maximum atomic E-state index is 15.4.